The number of hydrogen-bond donors (Lipinski definition) is 2. The van der Waals surface area contributed by atoms with Crippen LogP contribution in [0.5, 0.6) is 17.2 Å². The normalized spacial score (nSPS) is 11.0. The molecular weight excluding hydrogens is 506 g/mol. The number of carbonyl (C=O) groups is 2. The number of nitriles is 1. The fraction of sp³-hybridized carbons (Fsp3) is 0.296. The van der Waals surface area contributed by atoms with Crippen molar-refractivity contribution in [3.8, 4) is 23.3 Å². The first-order valence-corrected chi connectivity index (χ1v) is 12.7. The van der Waals surface area contributed by atoms with E-state index in [4.69, 9.17) is 14.2 Å². The molecule has 0 saturated carbocycles. The maximum absolute atomic E-state index is 12.6. The van der Waals surface area contributed by atoms with Crippen LogP contribution in [0.15, 0.2) is 48.0 Å². The van der Waals surface area contributed by atoms with Crippen LogP contribution in [0, 0.1) is 17.2 Å². The second-order valence-electron chi connectivity index (χ2n) is 8.54. The Morgan fingerprint density at radius 2 is 1.79 bits per heavy atom. The number of carbonyl (C=O) groups excluding carboxylic acids is 2. The van der Waals surface area contributed by atoms with Gasteiger partial charge >= 0.3 is 0 Å². The molecule has 0 spiro atoms. The molecule has 2 amide bonds. The Labute approximate surface area is 225 Å². The number of methoxy groups -OCH3 is 1. The van der Waals surface area contributed by atoms with Crippen molar-refractivity contribution < 1.29 is 23.8 Å². The van der Waals surface area contributed by atoms with Gasteiger partial charge in [-0.2, -0.15) is 5.26 Å². The average molecular weight is 536 g/mol. The minimum Gasteiger partial charge on any atom is -0.493 e. The van der Waals surface area contributed by atoms with Crippen LogP contribution < -0.4 is 24.8 Å². The molecule has 0 aliphatic heterocycles. The van der Waals surface area contributed by atoms with E-state index >= 15 is 0 Å². The third-order valence-corrected chi connectivity index (χ3v) is 5.78. The van der Waals surface area contributed by atoms with Gasteiger partial charge in [-0.05, 0) is 54.0 Å². The molecule has 3 aromatic rings. The number of amides is 2. The fourth-order valence-corrected chi connectivity index (χ4v) is 4.20. The van der Waals surface area contributed by atoms with Gasteiger partial charge in [-0.1, -0.05) is 31.3 Å². The van der Waals surface area contributed by atoms with E-state index in [-0.39, 0.29) is 24.7 Å². The molecule has 2 aromatic carbocycles. The van der Waals surface area contributed by atoms with Crippen molar-refractivity contribution in [1.82, 2.24) is 10.2 Å². The smallest absolute Gasteiger partial charge is 0.268 e. The van der Waals surface area contributed by atoms with Crippen molar-refractivity contribution in [3.63, 3.8) is 0 Å². The van der Waals surface area contributed by atoms with E-state index in [0.717, 1.165) is 11.4 Å². The predicted octanol–water partition coefficient (Wildman–Crippen LogP) is 4.71. The van der Waals surface area contributed by atoms with Crippen LogP contribution in [0.3, 0.4) is 0 Å². The molecule has 0 radical (unpaired) electrons. The Morgan fingerprint density at radius 1 is 1.05 bits per heavy atom. The van der Waals surface area contributed by atoms with Crippen LogP contribution in [0.1, 0.15) is 31.3 Å². The van der Waals surface area contributed by atoms with Gasteiger partial charge < -0.3 is 19.5 Å². The van der Waals surface area contributed by atoms with E-state index in [1.54, 1.807) is 42.5 Å². The SMILES string of the molecule is COc1cc(C=C(C#N)C(=O)Nc2nnc(CC(C)C)s2)ccc1OCCOc1ccc(NC(C)=O)cc1. The lowest BCUT2D eigenvalue weighted by Crippen LogP contribution is -2.13. The molecule has 198 valence electrons. The van der Waals surface area contributed by atoms with E-state index in [9.17, 15) is 14.9 Å². The Bertz CT molecular complexity index is 1330. The van der Waals surface area contributed by atoms with Crippen LogP contribution >= 0.6 is 11.3 Å². The number of anilines is 2. The van der Waals surface area contributed by atoms with Gasteiger partial charge in [0.05, 0.1) is 7.11 Å². The maximum Gasteiger partial charge on any atom is 0.268 e. The van der Waals surface area contributed by atoms with Gasteiger partial charge in [-0.25, -0.2) is 0 Å². The zero-order valence-electron chi connectivity index (χ0n) is 21.6. The zero-order chi connectivity index (χ0) is 27.5. The first-order chi connectivity index (χ1) is 18.3. The number of hydrogen-bond acceptors (Lipinski definition) is 9. The highest BCUT2D eigenvalue weighted by molar-refractivity contribution is 7.15. The van der Waals surface area contributed by atoms with Gasteiger partial charge in [0.1, 0.15) is 35.6 Å². The molecule has 0 fully saturated rings. The summed E-state index contributed by atoms with van der Waals surface area (Å²) in [5.41, 5.74) is 1.20. The molecule has 11 heteroatoms. The summed E-state index contributed by atoms with van der Waals surface area (Å²) in [7, 11) is 1.50. The molecule has 38 heavy (non-hydrogen) atoms. The number of nitrogens with one attached hydrogen (secondary N) is 2. The summed E-state index contributed by atoms with van der Waals surface area (Å²) >= 11 is 1.29. The Hall–Kier alpha value is -4.43. The van der Waals surface area contributed by atoms with Crippen LogP contribution in [0.25, 0.3) is 6.08 Å². The summed E-state index contributed by atoms with van der Waals surface area (Å²) in [5, 5.41) is 24.1. The van der Waals surface area contributed by atoms with Gasteiger partial charge in [-0.15, -0.1) is 10.2 Å². The topological polar surface area (TPSA) is 135 Å². The first-order valence-electron chi connectivity index (χ1n) is 11.8. The van der Waals surface area contributed by atoms with Crippen LogP contribution in [-0.4, -0.2) is 42.3 Å². The lowest BCUT2D eigenvalue weighted by molar-refractivity contribution is -0.114. The summed E-state index contributed by atoms with van der Waals surface area (Å²) in [4.78, 5) is 23.7. The number of aromatic nitrogens is 2. The second kappa shape index (κ2) is 13.8. The van der Waals surface area contributed by atoms with Crippen molar-refractivity contribution in [2.75, 3.05) is 31.0 Å². The highest BCUT2D eigenvalue weighted by atomic mass is 32.1. The summed E-state index contributed by atoms with van der Waals surface area (Å²) in [5.74, 6) is 1.29. The molecule has 0 aliphatic carbocycles. The highest BCUT2D eigenvalue weighted by Crippen LogP contribution is 2.29. The van der Waals surface area contributed by atoms with Gasteiger partial charge in [-0.3, -0.25) is 14.9 Å². The molecule has 0 aliphatic rings. The zero-order valence-corrected chi connectivity index (χ0v) is 22.4. The van der Waals surface area contributed by atoms with Gasteiger partial charge in [0.2, 0.25) is 11.0 Å². The third kappa shape index (κ3) is 8.60. The van der Waals surface area contributed by atoms with Crippen LogP contribution in [0.4, 0.5) is 10.8 Å². The molecule has 0 saturated heterocycles. The van der Waals surface area contributed by atoms with E-state index < -0.39 is 5.91 Å². The quantitative estimate of drug-likeness (QED) is 0.193. The summed E-state index contributed by atoms with van der Waals surface area (Å²) in [6.45, 7) is 6.14. The standard InChI is InChI=1S/C27H29N5O5S/c1-17(2)13-25-31-32-27(38-25)30-26(34)20(16-28)14-19-5-10-23(24(15-19)35-4)37-12-11-36-22-8-6-21(7-9-22)29-18(3)33/h5-10,14-15,17H,11-13H2,1-4H3,(H,29,33)(H,30,32,34). The Kier molecular flexibility index (Phi) is 10.2. The van der Waals surface area contributed by atoms with Gasteiger partial charge in [0.25, 0.3) is 5.91 Å². The third-order valence-electron chi connectivity index (χ3n) is 4.92. The van der Waals surface area contributed by atoms with Crippen molar-refractivity contribution in [2.45, 2.75) is 27.2 Å². The van der Waals surface area contributed by atoms with Crippen LogP contribution in [0.2, 0.25) is 0 Å². The molecule has 3 rings (SSSR count). The van der Waals surface area contributed by atoms with Crippen molar-refractivity contribution in [1.29, 1.82) is 5.26 Å². The van der Waals surface area contributed by atoms with Crippen molar-refractivity contribution in [3.05, 3.63) is 58.6 Å². The second-order valence-corrected chi connectivity index (χ2v) is 9.60. The summed E-state index contributed by atoms with van der Waals surface area (Å²) < 4.78 is 16.9. The predicted molar refractivity (Wildman–Crippen MR) is 145 cm³/mol. The first kappa shape index (κ1) is 28.1. The van der Waals surface area contributed by atoms with Gasteiger partial charge in [0, 0.05) is 19.0 Å². The van der Waals surface area contributed by atoms with Crippen LogP contribution in [-0.2, 0) is 16.0 Å². The van der Waals surface area contributed by atoms with Crippen molar-refractivity contribution >= 4 is 40.0 Å². The molecule has 0 unspecified atom stereocenters. The summed E-state index contributed by atoms with van der Waals surface area (Å²) in [6.07, 6.45) is 2.23. The minimum absolute atomic E-state index is 0.0840. The minimum atomic E-state index is -0.568. The monoisotopic (exact) mass is 535 g/mol. The van der Waals surface area contributed by atoms with E-state index in [1.165, 1.54) is 31.4 Å². The average Bonchev–Trinajstić information content (AvgIpc) is 3.31. The number of ether oxygens (including phenoxy) is 3. The Morgan fingerprint density at radius 3 is 2.45 bits per heavy atom. The van der Waals surface area contributed by atoms with E-state index in [1.807, 2.05) is 6.07 Å². The fourth-order valence-electron chi connectivity index (χ4n) is 3.26. The molecule has 0 atom stereocenters. The molecule has 10 nitrogen and oxygen atoms in total. The van der Waals surface area contributed by atoms with Crippen molar-refractivity contribution in [2.24, 2.45) is 5.92 Å². The maximum atomic E-state index is 12.6. The molecular formula is C27H29N5O5S. The van der Waals surface area contributed by atoms with E-state index in [2.05, 4.69) is 34.7 Å². The lowest BCUT2D eigenvalue weighted by Gasteiger charge is -2.12. The number of benzene rings is 2. The summed E-state index contributed by atoms with van der Waals surface area (Å²) in [6, 6.07) is 14.0. The molecule has 2 N–H and O–H groups in total. The number of nitrogens with zero attached hydrogens (tertiary/aromatic N) is 3. The number of rotatable bonds is 12. The van der Waals surface area contributed by atoms with E-state index in [0.29, 0.717) is 39.5 Å². The highest BCUT2D eigenvalue weighted by Gasteiger charge is 2.14. The molecule has 1 heterocycles. The lowest BCUT2D eigenvalue weighted by atomic mass is 10.1. The molecule has 0 bridgehead atoms. The van der Waals surface area contributed by atoms with Gasteiger partial charge in [0.15, 0.2) is 11.5 Å². The largest absolute Gasteiger partial charge is 0.493 e. The molecule has 1 aromatic heterocycles. The Balaban J connectivity index is 1.57.